The van der Waals surface area contributed by atoms with Gasteiger partial charge in [-0.2, -0.15) is 21.2 Å². The fraction of sp³-hybridized carbons (Fsp3) is 0.727. The first kappa shape index (κ1) is 14.8. The van der Waals surface area contributed by atoms with Crippen molar-refractivity contribution in [2.75, 3.05) is 25.1 Å². The maximum Gasteiger partial charge on any atom is 0.260 e. The monoisotopic (exact) mass is 304 g/mol. The van der Waals surface area contributed by atoms with Crippen molar-refractivity contribution in [2.45, 2.75) is 31.0 Å². The third kappa shape index (κ3) is 3.13. The molecule has 0 saturated carbocycles. The molecule has 0 aliphatic carbocycles. The van der Waals surface area contributed by atoms with E-state index in [0.717, 1.165) is 24.5 Å². The molecule has 2 rings (SSSR count). The minimum Gasteiger partial charge on any atom is -0.313 e. The maximum atomic E-state index is 12.6. The van der Waals surface area contributed by atoms with Crippen LogP contribution in [0.1, 0.15) is 18.9 Å². The third-order valence-electron chi connectivity index (χ3n) is 3.30. The SMILES string of the molecule is CCNCc1cn[nH]c1S(=O)(=O)N(C)C1CCSC1. The average molecular weight is 304 g/mol. The maximum absolute atomic E-state index is 12.6. The summed E-state index contributed by atoms with van der Waals surface area (Å²) in [6.45, 7) is 3.28. The summed E-state index contributed by atoms with van der Waals surface area (Å²) >= 11 is 1.80. The van der Waals surface area contributed by atoms with E-state index in [1.807, 2.05) is 6.92 Å². The molecule has 2 N–H and O–H groups in total. The van der Waals surface area contributed by atoms with Crippen molar-refractivity contribution in [2.24, 2.45) is 0 Å². The summed E-state index contributed by atoms with van der Waals surface area (Å²) in [5.41, 5.74) is 0.694. The van der Waals surface area contributed by atoms with E-state index in [2.05, 4.69) is 15.5 Å². The lowest BCUT2D eigenvalue weighted by molar-refractivity contribution is 0.392. The molecule has 1 aliphatic heterocycles. The van der Waals surface area contributed by atoms with Crippen LogP contribution in [0.2, 0.25) is 0 Å². The van der Waals surface area contributed by atoms with Crippen molar-refractivity contribution in [1.29, 1.82) is 0 Å². The van der Waals surface area contributed by atoms with Crippen LogP contribution in [0.3, 0.4) is 0 Å². The van der Waals surface area contributed by atoms with Gasteiger partial charge in [-0.05, 0) is 18.7 Å². The van der Waals surface area contributed by atoms with Gasteiger partial charge in [0, 0.05) is 31.0 Å². The van der Waals surface area contributed by atoms with Crippen molar-refractivity contribution in [3.05, 3.63) is 11.8 Å². The van der Waals surface area contributed by atoms with Gasteiger partial charge >= 0.3 is 0 Å². The van der Waals surface area contributed by atoms with Gasteiger partial charge in [0.15, 0.2) is 5.03 Å². The molecule has 0 radical (unpaired) electrons. The quantitative estimate of drug-likeness (QED) is 0.806. The van der Waals surface area contributed by atoms with Crippen LogP contribution >= 0.6 is 11.8 Å². The minimum absolute atomic E-state index is 0.0882. The van der Waals surface area contributed by atoms with Crippen LogP contribution < -0.4 is 5.32 Å². The number of nitrogens with zero attached hydrogens (tertiary/aromatic N) is 2. The minimum atomic E-state index is -3.48. The fourth-order valence-electron chi connectivity index (χ4n) is 2.06. The molecular weight excluding hydrogens is 284 g/mol. The van der Waals surface area contributed by atoms with E-state index >= 15 is 0 Å². The number of hydrogen-bond acceptors (Lipinski definition) is 5. The lowest BCUT2D eigenvalue weighted by Crippen LogP contribution is -2.37. The highest BCUT2D eigenvalue weighted by atomic mass is 32.2. The summed E-state index contributed by atoms with van der Waals surface area (Å²) in [6.07, 6.45) is 2.49. The molecule has 0 amide bonds. The summed E-state index contributed by atoms with van der Waals surface area (Å²) < 4.78 is 26.6. The lowest BCUT2D eigenvalue weighted by Gasteiger charge is -2.22. The molecule has 1 atom stereocenters. The summed E-state index contributed by atoms with van der Waals surface area (Å²) in [5, 5.41) is 9.85. The highest BCUT2D eigenvalue weighted by Crippen LogP contribution is 2.26. The second-order valence-corrected chi connectivity index (χ2v) is 7.63. The first-order valence-corrected chi connectivity index (χ1v) is 8.95. The Balaban J connectivity index is 2.21. The molecule has 1 fully saturated rings. The number of rotatable bonds is 6. The molecule has 1 aromatic heterocycles. The van der Waals surface area contributed by atoms with E-state index in [0.29, 0.717) is 12.1 Å². The molecule has 19 heavy (non-hydrogen) atoms. The molecule has 0 spiro atoms. The topological polar surface area (TPSA) is 78.1 Å². The Morgan fingerprint density at radius 1 is 1.63 bits per heavy atom. The molecule has 1 saturated heterocycles. The molecule has 1 unspecified atom stereocenters. The van der Waals surface area contributed by atoms with Gasteiger partial charge in [-0.3, -0.25) is 5.10 Å². The van der Waals surface area contributed by atoms with Crippen molar-refractivity contribution in [1.82, 2.24) is 19.8 Å². The summed E-state index contributed by atoms with van der Waals surface area (Å²) in [5.74, 6) is 1.89. The van der Waals surface area contributed by atoms with Crippen LogP contribution in [0, 0.1) is 0 Å². The molecule has 108 valence electrons. The summed E-state index contributed by atoms with van der Waals surface area (Å²) in [7, 11) is -1.82. The number of thioether (sulfide) groups is 1. The van der Waals surface area contributed by atoms with Crippen LogP contribution in [0.5, 0.6) is 0 Å². The Morgan fingerprint density at radius 2 is 2.42 bits per heavy atom. The van der Waals surface area contributed by atoms with Gasteiger partial charge in [0.1, 0.15) is 0 Å². The number of sulfonamides is 1. The predicted octanol–water partition coefficient (Wildman–Crippen LogP) is 0.645. The van der Waals surface area contributed by atoms with E-state index < -0.39 is 10.0 Å². The van der Waals surface area contributed by atoms with Crippen LogP contribution in [-0.4, -0.2) is 54.1 Å². The third-order valence-corrected chi connectivity index (χ3v) is 6.37. The van der Waals surface area contributed by atoms with Crippen molar-refractivity contribution in [3.63, 3.8) is 0 Å². The van der Waals surface area contributed by atoms with Crippen LogP contribution in [0.15, 0.2) is 11.2 Å². The zero-order chi connectivity index (χ0) is 13.9. The Morgan fingerprint density at radius 3 is 3.05 bits per heavy atom. The van der Waals surface area contributed by atoms with Gasteiger partial charge in [0.2, 0.25) is 0 Å². The summed E-state index contributed by atoms with van der Waals surface area (Å²) in [6, 6.07) is 0.0882. The predicted molar refractivity (Wildman–Crippen MR) is 76.6 cm³/mol. The molecular formula is C11H20N4O2S2. The Bertz CT molecular complexity index is 509. The highest BCUT2D eigenvalue weighted by molar-refractivity contribution is 7.99. The standard InChI is InChI=1S/C11H20N4O2S2/c1-3-12-6-9-7-13-14-11(9)19(16,17)15(2)10-4-5-18-8-10/h7,10,12H,3-6,8H2,1-2H3,(H,13,14). The van der Waals surface area contributed by atoms with Gasteiger partial charge in [-0.15, -0.1) is 0 Å². The number of nitrogens with one attached hydrogen (secondary N) is 2. The van der Waals surface area contributed by atoms with Crippen LogP contribution in [0.4, 0.5) is 0 Å². The van der Waals surface area contributed by atoms with Gasteiger partial charge < -0.3 is 5.32 Å². The number of H-pyrrole nitrogens is 1. The molecule has 2 heterocycles. The second-order valence-electron chi connectivity index (χ2n) is 4.54. The fourth-order valence-corrected chi connectivity index (χ4v) is 4.90. The van der Waals surface area contributed by atoms with E-state index in [1.165, 1.54) is 4.31 Å². The Labute approximate surface area is 118 Å². The molecule has 1 aliphatic rings. The lowest BCUT2D eigenvalue weighted by atomic mass is 10.3. The molecule has 8 heteroatoms. The Hall–Kier alpha value is -0.570. The highest BCUT2D eigenvalue weighted by Gasteiger charge is 2.32. The van der Waals surface area contributed by atoms with E-state index in [1.54, 1.807) is 25.0 Å². The first-order chi connectivity index (χ1) is 9.07. The van der Waals surface area contributed by atoms with Gasteiger partial charge in [-0.1, -0.05) is 6.92 Å². The Kier molecular flexibility index (Phi) is 4.88. The first-order valence-electron chi connectivity index (χ1n) is 6.36. The van der Waals surface area contributed by atoms with Gasteiger partial charge in [0.05, 0.1) is 6.20 Å². The van der Waals surface area contributed by atoms with Crippen molar-refractivity contribution >= 4 is 21.8 Å². The largest absolute Gasteiger partial charge is 0.313 e. The smallest absolute Gasteiger partial charge is 0.260 e. The normalized spacial score (nSPS) is 20.3. The van der Waals surface area contributed by atoms with Gasteiger partial charge in [-0.25, -0.2) is 8.42 Å². The molecule has 6 nitrogen and oxygen atoms in total. The number of hydrogen-bond donors (Lipinski definition) is 2. The van der Waals surface area contributed by atoms with E-state index in [9.17, 15) is 8.42 Å². The van der Waals surface area contributed by atoms with E-state index in [4.69, 9.17) is 0 Å². The van der Waals surface area contributed by atoms with Crippen LogP contribution in [-0.2, 0) is 16.6 Å². The summed E-state index contributed by atoms with van der Waals surface area (Å²) in [4.78, 5) is 0. The zero-order valence-electron chi connectivity index (χ0n) is 11.2. The van der Waals surface area contributed by atoms with E-state index in [-0.39, 0.29) is 11.1 Å². The van der Waals surface area contributed by atoms with Crippen LogP contribution in [0.25, 0.3) is 0 Å². The molecule has 0 aromatic carbocycles. The number of aromatic nitrogens is 2. The number of aromatic amines is 1. The van der Waals surface area contributed by atoms with Crippen molar-refractivity contribution < 1.29 is 8.42 Å². The van der Waals surface area contributed by atoms with Gasteiger partial charge in [0.25, 0.3) is 10.0 Å². The second kappa shape index (κ2) is 6.25. The molecule has 0 bridgehead atoms. The average Bonchev–Trinajstić information content (AvgIpc) is 3.06. The molecule has 1 aromatic rings. The zero-order valence-corrected chi connectivity index (χ0v) is 12.9. The van der Waals surface area contributed by atoms with Crippen molar-refractivity contribution in [3.8, 4) is 0 Å².